The molecule has 0 bridgehead atoms. The number of nitrogens with zero attached hydrogens (tertiary/aromatic N) is 4. The molecule has 0 amide bonds. The number of hydrogen-bond donors (Lipinski definition) is 0. The number of aryl methyl sites for hydroxylation is 1. The van der Waals surface area contributed by atoms with Gasteiger partial charge in [0, 0.05) is 5.56 Å². The minimum absolute atomic E-state index is 0.330. The van der Waals surface area contributed by atoms with E-state index < -0.39 is 0 Å². The van der Waals surface area contributed by atoms with Crippen molar-refractivity contribution in [2.75, 3.05) is 0 Å². The van der Waals surface area contributed by atoms with E-state index in [4.69, 9.17) is 4.42 Å². The number of benzene rings is 1. The van der Waals surface area contributed by atoms with E-state index in [1.807, 2.05) is 13.8 Å². The Bertz CT molecular complexity index is 933. The fourth-order valence-electron chi connectivity index (χ4n) is 2.10. The van der Waals surface area contributed by atoms with E-state index >= 15 is 0 Å². The van der Waals surface area contributed by atoms with Crippen LogP contribution < -0.4 is 0 Å². The van der Waals surface area contributed by atoms with Crippen molar-refractivity contribution in [2.45, 2.75) is 24.6 Å². The predicted octanol–water partition coefficient (Wildman–Crippen LogP) is 4.05. The molecule has 0 unspecified atom stereocenters. The Morgan fingerprint density at radius 1 is 1.29 bits per heavy atom. The van der Waals surface area contributed by atoms with E-state index in [0.717, 1.165) is 11.3 Å². The molecule has 0 aliphatic carbocycles. The molecule has 0 N–H and O–H groups in total. The van der Waals surface area contributed by atoms with Crippen molar-refractivity contribution in [3.05, 3.63) is 59.0 Å². The van der Waals surface area contributed by atoms with Crippen molar-refractivity contribution >= 4 is 11.8 Å². The highest BCUT2D eigenvalue weighted by atomic mass is 32.2. The number of hydrogen-bond acceptors (Lipinski definition) is 6. The number of nitriles is 1. The molecule has 3 rings (SSSR count). The highest BCUT2D eigenvalue weighted by Gasteiger charge is 2.13. The van der Waals surface area contributed by atoms with Crippen molar-refractivity contribution < 1.29 is 8.81 Å². The average molecular weight is 340 g/mol. The van der Waals surface area contributed by atoms with E-state index in [1.165, 1.54) is 23.9 Å². The third-order valence-corrected chi connectivity index (χ3v) is 4.48. The summed E-state index contributed by atoms with van der Waals surface area (Å²) in [4.78, 5) is 4.19. The molecule has 0 saturated heterocycles. The first-order chi connectivity index (χ1) is 11.6. The number of oxazole rings is 1. The first-order valence-corrected chi connectivity index (χ1v) is 8.14. The molecule has 0 aliphatic heterocycles. The summed E-state index contributed by atoms with van der Waals surface area (Å²) in [6, 6.07) is 8.29. The number of thioether (sulfide) groups is 1. The average Bonchev–Trinajstić information content (AvgIpc) is 3.05. The normalized spacial score (nSPS) is 10.6. The molecule has 3 aromatic rings. The van der Waals surface area contributed by atoms with E-state index in [9.17, 15) is 9.65 Å². The van der Waals surface area contributed by atoms with Gasteiger partial charge in [0.2, 0.25) is 5.89 Å². The lowest BCUT2D eigenvalue weighted by Crippen LogP contribution is -1.99. The van der Waals surface area contributed by atoms with Crippen LogP contribution in [0, 0.1) is 31.0 Å². The van der Waals surface area contributed by atoms with E-state index in [2.05, 4.69) is 21.3 Å². The van der Waals surface area contributed by atoms with Gasteiger partial charge < -0.3 is 4.42 Å². The summed E-state index contributed by atoms with van der Waals surface area (Å²) < 4.78 is 18.9. The van der Waals surface area contributed by atoms with Crippen molar-refractivity contribution in [2.24, 2.45) is 0 Å². The molecule has 1 aromatic carbocycles. The molecule has 0 fully saturated rings. The molecule has 120 valence electrons. The maximum atomic E-state index is 13.3. The van der Waals surface area contributed by atoms with Crippen LogP contribution in [0.3, 0.4) is 0 Å². The zero-order chi connectivity index (χ0) is 17.1. The lowest BCUT2D eigenvalue weighted by Gasteiger charge is -2.05. The van der Waals surface area contributed by atoms with Crippen LogP contribution in [0.5, 0.6) is 0 Å². The Labute approximate surface area is 142 Å². The second kappa shape index (κ2) is 6.81. The van der Waals surface area contributed by atoms with Crippen molar-refractivity contribution in [3.63, 3.8) is 0 Å². The standard InChI is InChI=1S/C17H13FN4OS/c1-10-11(2)21-22-17(14(10)7-19)24-9-16-20-8-15(23-16)12-4-3-5-13(18)6-12/h3-6,8H,9H2,1-2H3. The summed E-state index contributed by atoms with van der Waals surface area (Å²) in [5.74, 6) is 1.05. The van der Waals surface area contributed by atoms with Gasteiger partial charge in [-0.1, -0.05) is 23.9 Å². The Hall–Kier alpha value is -2.72. The van der Waals surface area contributed by atoms with Gasteiger partial charge in [-0.2, -0.15) is 10.4 Å². The van der Waals surface area contributed by atoms with Crippen LogP contribution >= 0.6 is 11.8 Å². The zero-order valence-electron chi connectivity index (χ0n) is 13.1. The van der Waals surface area contributed by atoms with E-state index in [1.54, 1.807) is 18.3 Å². The van der Waals surface area contributed by atoms with Gasteiger partial charge in [0.05, 0.1) is 23.2 Å². The van der Waals surface area contributed by atoms with Crippen LogP contribution in [0.4, 0.5) is 4.39 Å². The molecular formula is C17H13FN4OS. The van der Waals surface area contributed by atoms with Crippen molar-refractivity contribution in [1.29, 1.82) is 5.26 Å². The van der Waals surface area contributed by atoms with Gasteiger partial charge >= 0.3 is 0 Å². The second-order valence-electron chi connectivity index (χ2n) is 5.12. The summed E-state index contributed by atoms with van der Waals surface area (Å²) in [5.41, 5.74) is 2.70. The quantitative estimate of drug-likeness (QED) is 0.667. The minimum atomic E-state index is -0.330. The SMILES string of the molecule is Cc1nnc(SCc2ncc(-c3cccc(F)c3)o2)c(C#N)c1C. The fraction of sp³-hybridized carbons (Fsp3) is 0.176. The minimum Gasteiger partial charge on any atom is -0.440 e. The summed E-state index contributed by atoms with van der Waals surface area (Å²) in [6.45, 7) is 3.66. The van der Waals surface area contributed by atoms with Gasteiger partial charge in [0.1, 0.15) is 16.9 Å². The van der Waals surface area contributed by atoms with Gasteiger partial charge in [0.15, 0.2) is 5.76 Å². The summed E-state index contributed by atoms with van der Waals surface area (Å²) in [5, 5.41) is 18.0. The third-order valence-electron chi connectivity index (χ3n) is 3.53. The molecule has 2 heterocycles. The third kappa shape index (κ3) is 3.29. The largest absolute Gasteiger partial charge is 0.440 e. The predicted molar refractivity (Wildman–Crippen MR) is 87.7 cm³/mol. The fourth-order valence-corrected chi connectivity index (χ4v) is 2.94. The van der Waals surface area contributed by atoms with E-state index in [0.29, 0.717) is 33.6 Å². The van der Waals surface area contributed by atoms with Crippen molar-refractivity contribution in [1.82, 2.24) is 15.2 Å². The molecule has 0 atom stereocenters. The maximum absolute atomic E-state index is 13.3. The van der Waals surface area contributed by atoms with Gasteiger partial charge in [-0.05, 0) is 31.5 Å². The van der Waals surface area contributed by atoms with Crippen LogP contribution in [0.25, 0.3) is 11.3 Å². The molecular weight excluding hydrogens is 327 g/mol. The van der Waals surface area contributed by atoms with Gasteiger partial charge in [-0.15, -0.1) is 5.10 Å². The zero-order valence-corrected chi connectivity index (χ0v) is 13.9. The van der Waals surface area contributed by atoms with Crippen LogP contribution in [0.1, 0.15) is 22.7 Å². The summed E-state index contributed by atoms with van der Waals surface area (Å²) in [7, 11) is 0. The molecule has 24 heavy (non-hydrogen) atoms. The maximum Gasteiger partial charge on any atom is 0.205 e. The molecule has 0 radical (unpaired) electrons. The first kappa shape index (κ1) is 16.1. The lowest BCUT2D eigenvalue weighted by molar-refractivity contribution is 0.529. The van der Waals surface area contributed by atoms with E-state index in [-0.39, 0.29) is 5.82 Å². The van der Waals surface area contributed by atoms with Gasteiger partial charge in [-0.3, -0.25) is 0 Å². The Morgan fingerprint density at radius 2 is 2.12 bits per heavy atom. The van der Waals surface area contributed by atoms with Gasteiger partial charge in [0.25, 0.3) is 0 Å². The number of halogens is 1. The Kier molecular flexibility index (Phi) is 4.58. The smallest absolute Gasteiger partial charge is 0.205 e. The van der Waals surface area contributed by atoms with Crippen LogP contribution in [-0.4, -0.2) is 15.2 Å². The monoisotopic (exact) mass is 340 g/mol. The number of rotatable bonds is 4. The highest BCUT2D eigenvalue weighted by Crippen LogP contribution is 2.28. The molecule has 0 spiro atoms. The first-order valence-electron chi connectivity index (χ1n) is 7.16. The molecule has 2 aromatic heterocycles. The van der Waals surface area contributed by atoms with Crippen molar-refractivity contribution in [3.8, 4) is 17.4 Å². The highest BCUT2D eigenvalue weighted by molar-refractivity contribution is 7.98. The van der Waals surface area contributed by atoms with Crippen LogP contribution in [0.15, 0.2) is 39.9 Å². The molecule has 0 aliphatic rings. The Balaban J connectivity index is 1.77. The molecule has 7 heteroatoms. The van der Waals surface area contributed by atoms with Gasteiger partial charge in [-0.25, -0.2) is 9.37 Å². The second-order valence-corrected chi connectivity index (χ2v) is 6.08. The lowest BCUT2D eigenvalue weighted by atomic mass is 10.1. The molecule has 5 nitrogen and oxygen atoms in total. The molecule has 0 saturated carbocycles. The Morgan fingerprint density at radius 3 is 2.88 bits per heavy atom. The summed E-state index contributed by atoms with van der Waals surface area (Å²) in [6.07, 6.45) is 1.56. The topological polar surface area (TPSA) is 75.6 Å². The number of aromatic nitrogens is 3. The summed E-state index contributed by atoms with van der Waals surface area (Å²) >= 11 is 1.33. The van der Waals surface area contributed by atoms with Crippen LogP contribution in [-0.2, 0) is 5.75 Å². The van der Waals surface area contributed by atoms with Crippen LogP contribution in [0.2, 0.25) is 0 Å².